The van der Waals surface area contributed by atoms with Crippen LogP contribution < -0.4 is 19.5 Å². The second-order valence-corrected chi connectivity index (χ2v) is 7.49. The summed E-state index contributed by atoms with van der Waals surface area (Å²) in [6, 6.07) is 18.3. The van der Waals surface area contributed by atoms with Gasteiger partial charge in [-0.25, -0.2) is 4.79 Å². The summed E-state index contributed by atoms with van der Waals surface area (Å²) in [6.45, 7) is 1.80. The van der Waals surface area contributed by atoms with E-state index in [0.717, 1.165) is 5.56 Å². The molecule has 0 radical (unpaired) electrons. The van der Waals surface area contributed by atoms with Crippen LogP contribution in [-0.2, 0) is 4.79 Å². The van der Waals surface area contributed by atoms with Gasteiger partial charge in [0.1, 0.15) is 17.4 Å². The Morgan fingerprint density at radius 1 is 1.00 bits per heavy atom. The number of carbonyl (C=O) groups is 2. The molecule has 0 heterocycles. The number of halogens is 1. The van der Waals surface area contributed by atoms with Crippen LogP contribution in [0, 0.1) is 18.3 Å². The van der Waals surface area contributed by atoms with Gasteiger partial charge in [0, 0.05) is 0 Å². The molecule has 3 rings (SSSR count). The Kier molecular flexibility index (Phi) is 7.91. The Morgan fingerprint density at radius 3 is 2.35 bits per heavy atom. The molecular weight excluding hydrogens is 456 g/mol. The highest BCUT2D eigenvalue weighted by Gasteiger charge is 2.16. The van der Waals surface area contributed by atoms with E-state index >= 15 is 0 Å². The van der Waals surface area contributed by atoms with E-state index in [-0.39, 0.29) is 11.3 Å². The van der Waals surface area contributed by atoms with Crippen molar-refractivity contribution in [2.45, 2.75) is 6.92 Å². The molecule has 0 aromatic heterocycles. The monoisotopic (exact) mass is 476 g/mol. The maximum atomic E-state index is 12.7. The fraction of sp³-hybridized carbons (Fsp3) is 0.115. The van der Waals surface area contributed by atoms with E-state index in [1.54, 1.807) is 61.5 Å². The Morgan fingerprint density at radius 2 is 1.74 bits per heavy atom. The number of nitrogens with one attached hydrogen (secondary N) is 1. The lowest BCUT2D eigenvalue weighted by atomic mass is 10.1. The highest BCUT2D eigenvalue weighted by atomic mass is 35.5. The van der Waals surface area contributed by atoms with Gasteiger partial charge in [-0.3, -0.25) is 4.79 Å². The molecular formula is C26H21ClN2O5. The molecule has 0 aliphatic rings. The lowest BCUT2D eigenvalue weighted by molar-refractivity contribution is -0.112. The molecule has 0 saturated carbocycles. The van der Waals surface area contributed by atoms with Gasteiger partial charge in [-0.1, -0.05) is 29.8 Å². The molecule has 0 aliphatic heterocycles. The van der Waals surface area contributed by atoms with E-state index in [0.29, 0.717) is 33.3 Å². The fourth-order valence-electron chi connectivity index (χ4n) is 3.04. The lowest BCUT2D eigenvalue weighted by Crippen LogP contribution is -2.14. The summed E-state index contributed by atoms with van der Waals surface area (Å²) in [6.07, 6.45) is 1.38. The maximum absolute atomic E-state index is 12.7. The zero-order valence-corrected chi connectivity index (χ0v) is 19.5. The van der Waals surface area contributed by atoms with Crippen LogP contribution in [-0.4, -0.2) is 26.1 Å². The third-order valence-corrected chi connectivity index (χ3v) is 5.17. The van der Waals surface area contributed by atoms with Crippen LogP contribution in [0.2, 0.25) is 5.02 Å². The predicted octanol–water partition coefficient (Wildman–Crippen LogP) is 5.43. The van der Waals surface area contributed by atoms with E-state index < -0.39 is 11.9 Å². The molecule has 0 aliphatic carbocycles. The van der Waals surface area contributed by atoms with Crippen molar-refractivity contribution in [2.24, 2.45) is 0 Å². The van der Waals surface area contributed by atoms with E-state index in [4.69, 9.17) is 25.8 Å². The summed E-state index contributed by atoms with van der Waals surface area (Å²) in [5.74, 6) is -0.165. The number of anilines is 1. The molecule has 0 atom stereocenters. The first-order valence-corrected chi connectivity index (χ1v) is 10.5. The molecule has 0 bridgehead atoms. The molecule has 1 amide bonds. The molecule has 3 aromatic carbocycles. The SMILES string of the molecule is COc1ccc(C(=O)Oc2cc(/C=C(\C#N)C(=O)Nc3c(C)cccc3Cl)ccc2OC)cc1. The van der Waals surface area contributed by atoms with Crippen LogP contribution in [0.1, 0.15) is 21.5 Å². The van der Waals surface area contributed by atoms with Crippen molar-refractivity contribution in [2.75, 3.05) is 19.5 Å². The van der Waals surface area contributed by atoms with Gasteiger partial charge >= 0.3 is 5.97 Å². The average molecular weight is 477 g/mol. The van der Waals surface area contributed by atoms with Crippen LogP contribution in [0.5, 0.6) is 17.2 Å². The zero-order chi connectivity index (χ0) is 24.7. The minimum Gasteiger partial charge on any atom is -0.497 e. The first-order valence-electron chi connectivity index (χ1n) is 10.1. The number of rotatable bonds is 7. The third kappa shape index (κ3) is 5.74. The van der Waals surface area contributed by atoms with Gasteiger partial charge in [0.15, 0.2) is 11.5 Å². The quantitative estimate of drug-likeness (QED) is 0.211. The number of benzene rings is 3. The second kappa shape index (κ2) is 11.0. The molecule has 172 valence electrons. The van der Waals surface area contributed by atoms with Crippen molar-refractivity contribution >= 4 is 35.2 Å². The maximum Gasteiger partial charge on any atom is 0.343 e. The summed E-state index contributed by atoms with van der Waals surface area (Å²) in [7, 11) is 2.97. The van der Waals surface area contributed by atoms with Crippen molar-refractivity contribution in [3.63, 3.8) is 0 Å². The number of hydrogen-bond donors (Lipinski definition) is 1. The third-order valence-electron chi connectivity index (χ3n) is 4.85. The molecule has 3 aromatic rings. The van der Waals surface area contributed by atoms with E-state index in [1.807, 2.05) is 6.07 Å². The summed E-state index contributed by atoms with van der Waals surface area (Å²) in [4.78, 5) is 25.3. The van der Waals surface area contributed by atoms with Crippen LogP contribution in [0.25, 0.3) is 6.08 Å². The molecule has 1 N–H and O–H groups in total. The van der Waals surface area contributed by atoms with Crippen molar-refractivity contribution < 1.29 is 23.8 Å². The summed E-state index contributed by atoms with van der Waals surface area (Å²) < 4.78 is 15.9. The number of nitrogens with zero attached hydrogens (tertiary/aromatic N) is 1. The molecule has 0 fully saturated rings. The standard InChI is InChI=1S/C26H21ClN2O5/c1-16-5-4-6-21(27)24(16)29-25(30)19(15-28)13-17-7-12-22(33-3)23(14-17)34-26(31)18-8-10-20(32-2)11-9-18/h4-14H,1-3H3,(H,29,30)/b19-13+. The number of esters is 1. The van der Waals surface area contributed by atoms with Gasteiger partial charge in [0.25, 0.3) is 5.91 Å². The van der Waals surface area contributed by atoms with Crippen LogP contribution in [0.15, 0.2) is 66.2 Å². The van der Waals surface area contributed by atoms with E-state index in [9.17, 15) is 14.9 Å². The lowest BCUT2D eigenvalue weighted by Gasteiger charge is -2.11. The largest absolute Gasteiger partial charge is 0.497 e. The highest BCUT2D eigenvalue weighted by Crippen LogP contribution is 2.30. The van der Waals surface area contributed by atoms with Gasteiger partial charge < -0.3 is 19.5 Å². The highest BCUT2D eigenvalue weighted by molar-refractivity contribution is 6.34. The fourth-order valence-corrected chi connectivity index (χ4v) is 3.30. The number of amides is 1. The number of ether oxygens (including phenoxy) is 3. The van der Waals surface area contributed by atoms with Crippen molar-refractivity contribution in [1.82, 2.24) is 0 Å². The van der Waals surface area contributed by atoms with Gasteiger partial charge in [0.2, 0.25) is 0 Å². The second-order valence-electron chi connectivity index (χ2n) is 7.08. The normalized spacial score (nSPS) is 10.7. The first kappa shape index (κ1) is 24.4. The van der Waals surface area contributed by atoms with Crippen LogP contribution in [0.3, 0.4) is 0 Å². The molecule has 7 nitrogen and oxygen atoms in total. The summed E-state index contributed by atoms with van der Waals surface area (Å²) in [5, 5.41) is 12.6. The van der Waals surface area contributed by atoms with Crippen LogP contribution in [0.4, 0.5) is 5.69 Å². The van der Waals surface area contributed by atoms with Crippen LogP contribution >= 0.6 is 11.6 Å². The number of methoxy groups -OCH3 is 2. The van der Waals surface area contributed by atoms with Crippen molar-refractivity contribution in [3.05, 3.63) is 87.9 Å². The predicted molar refractivity (Wildman–Crippen MR) is 129 cm³/mol. The van der Waals surface area contributed by atoms with Gasteiger partial charge in [-0.05, 0) is 66.6 Å². The van der Waals surface area contributed by atoms with E-state index in [1.165, 1.54) is 26.4 Å². The molecule has 0 unspecified atom stereocenters. The van der Waals surface area contributed by atoms with E-state index in [2.05, 4.69) is 5.32 Å². The molecule has 0 spiro atoms. The number of nitriles is 1. The van der Waals surface area contributed by atoms with Crippen molar-refractivity contribution in [3.8, 4) is 23.3 Å². The Balaban J connectivity index is 1.86. The zero-order valence-electron chi connectivity index (χ0n) is 18.7. The smallest absolute Gasteiger partial charge is 0.343 e. The topological polar surface area (TPSA) is 97.7 Å². The van der Waals surface area contributed by atoms with Crippen molar-refractivity contribution in [1.29, 1.82) is 5.26 Å². The molecule has 0 saturated heterocycles. The Hall–Kier alpha value is -4.28. The molecule has 34 heavy (non-hydrogen) atoms. The van der Waals surface area contributed by atoms with Gasteiger partial charge in [0.05, 0.1) is 30.5 Å². The number of aryl methyl sites for hydroxylation is 1. The number of para-hydroxylation sites is 1. The minimum absolute atomic E-state index is 0.136. The summed E-state index contributed by atoms with van der Waals surface area (Å²) >= 11 is 6.17. The van der Waals surface area contributed by atoms with Gasteiger partial charge in [-0.2, -0.15) is 5.26 Å². The number of carbonyl (C=O) groups excluding carboxylic acids is 2. The minimum atomic E-state index is -0.619. The van der Waals surface area contributed by atoms with Gasteiger partial charge in [-0.15, -0.1) is 0 Å². The Bertz CT molecular complexity index is 1270. The number of hydrogen-bond acceptors (Lipinski definition) is 6. The molecule has 8 heteroatoms. The average Bonchev–Trinajstić information content (AvgIpc) is 2.85. The summed E-state index contributed by atoms with van der Waals surface area (Å²) in [5.41, 5.74) is 1.81. The Labute approximate surface area is 202 Å². The first-order chi connectivity index (χ1) is 16.4.